The molecule has 0 atom stereocenters. The van der Waals surface area contributed by atoms with Crippen LogP contribution in [-0.4, -0.2) is 4.98 Å². The molecule has 2 heteroatoms. The minimum Gasteiger partial charge on any atom is -0.436 e. The van der Waals surface area contributed by atoms with Crippen molar-refractivity contribution in [3.8, 4) is 11.5 Å². The number of nitrogens with zero attached hydrogens (tertiary/aromatic N) is 1. The van der Waals surface area contributed by atoms with Gasteiger partial charge in [0.05, 0.1) is 0 Å². The van der Waals surface area contributed by atoms with Gasteiger partial charge in [0.1, 0.15) is 5.52 Å². The molecule has 21 heavy (non-hydrogen) atoms. The van der Waals surface area contributed by atoms with Gasteiger partial charge in [0.15, 0.2) is 5.58 Å². The van der Waals surface area contributed by atoms with Gasteiger partial charge in [0.25, 0.3) is 0 Å². The summed E-state index contributed by atoms with van der Waals surface area (Å²) in [4.78, 5) is 4.63. The normalized spacial score (nSPS) is 12.0. The zero-order valence-electron chi connectivity index (χ0n) is 13.3. The van der Waals surface area contributed by atoms with Crippen LogP contribution in [-0.2, 0) is 5.41 Å². The third-order valence-electron chi connectivity index (χ3n) is 3.82. The Morgan fingerprint density at radius 1 is 0.952 bits per heavy atom. The molecule has 2 nitrogen and oxygen atoms in total. The Kier molecular flexibility index (Phi) is 3.12. The Labute approximate surface area is 125 Å². The summed E-state index contributed by atoms with van der Waals surface area (Å²) in [6, 6.07) is 12.7. The van der Waals surface area contributed by atoms with Crippen molar-refractivity contribution < 1.29 is 4.42 Å². The van der Waals surface area contributed by atoms with Crippen molar-refractivity contribution in [3.05, 3.63) is 53.1 Å². The highest BCUT2D eigenvalue weighted by Crippen LogP contribution is 2.29. The van der Waals surface area contributed by atoms with Gasteiger partial charge in [-0.2, -0.15) is 0 Å². The molecule has 0 spiro atoms. The molecule has 0 amide bonds. The molecule has 0 aliphatic heterocycles. The zero-order chi connectivity index (χ0) is 15.2. The summed E-state index contributed by atoms with van der Waals surface area (Å²) in [6.07, 6.45) is 0. The quantitative estimate of drug-likeness (QED) is 0.595. The molecule has 0 bridgehead atoms. The summed E-state index contributed by atoms with van der Waals surface area (Å²) in [5.74, 6) is 0.694. The molecular weight excluding hydrogens is 258 g/mol. The van der Waals surface area contributed by atoms with Crippen molar-refractivity contribution in [3.63, 3.8) is 0 Å². The van der Waals surface area contributed by atoms with Gasteiger partial charge in [0, 0.05) is 5.56 Å². The minimum absolute atomic E-state index is 0.160. The molecule has 3 aromatic rings. The van der Waals surface area contributed by atoms with Crippen LogP contribution < -0.4 is 0 Å². The largest absolute Gasteiger partial charge is 0.436 e. The van der Waals surface area contributed by atoms with Crippen molar-refractivity contribution in [2.75, 3.05) is 0 Å². The monoisotopic (exact) mass is 279 g/mol. The number of oxazole rings is 1. The van der Waals surface area contributed by atoms with E-state index in [1.807, 2.05) is 0 Å². The van der Waals surface area contributed by atoms with Crippen molar-refractivity contribution in [1.29, 1.82) is 0 Å². The first-order valence-electron chi connectivity index (χ1n) is 7.33. The molecule has 0 aliphatic carbocycles. The van der Waals surface area contributed by atoms with E-state index in [1.54, 1.807) is 0 Å². The Morgan fingerprint density at radius 2 is 1.62 bits per heavy atom. The first kappa shape index (κ1) is 13.9. The second-order valence-electron chi connectivity index (χ2n) is 6.78. The van der Waals surface area contributed by atoms with Crippen LogP contribution >= 0.6 is 0 Å². The highest BCUT2D eigenvalue weighted by Gasteiger charge is 2.15. The maximum atomic E-state index is 5.95. The fourth-order valence-corrected chi connectivity index (χ4v) is 2.61. The summed E-state index contributed by atoms with van der Waals surface area (Å²) in [5.41, 5.74) is 6.66. The molecule has 0 fully saturated rings. The van der Waals surface area contributed by atoms with Crippen LogP contribution in [0.2, 0.25) is 0 Å². The molecule has 108 valence electrons. The lowest BCUT2D eigenvalue weighted by Gasteiger charge is -2.18. The van der Waals surface area contributed by atoms with E-state index < -0.39 is 0 Å². The molecule has 0 aliphatic rings. The number of aromatic nitrogens is 1. The molecular formula is C19H21NO. The van der Waals surface area contributed by atoms with Gasteiger partial charge in [-0.3, -0.25) is 0 Å². The smallest absolute Gasteiger partial charge is 0.227 e. The van der Waals surface area contributed by atoms with Crippen molar-refractivity contribution in [2.24, 2.45) is 0 Å². The zero-order valence-corrected chi connectivity index (χ0v) is 13.3. The SMILES string of the molecule is Cc1cc(C)c2oc(-c3ccc(C(C)(C)C)cc3)nc2c1. The van der Waals surface area contributed by atoms with Gasteiger partial charge in [-0.05, 0) is 54.2 Å². The maximum absolute atomic E-state index is 5.95. The van der Waals surface area contributed by atoms with Gasteiger partial charge >= 0.3 is 0 Å². The topological polar surface area (TPSA) is 26.0 Å². The van der Waals surface area contributed by atoms with E-state index >= 15 is 0 Å². The van der Waals surface area contributed by atoms with E-state index in [-0.39, 0.29) is 5.41 Å². The fraction of sp³-hybridized carbons (Fsp3) is 0.316. The Hall–Kier alpha value is -2.09. The van der Waals surface area contributed by atoms with Crippen LogP contribution in [0.3, 0.4) is 0 Å². The molecule has 0 radical (unpaired) electrons. The Morgan fingerprint density at radius 3 is 2.24 bits per heavy atom. The van der Waals surface area contributed by atoms with Crippen LogP contribution in [0.25, 0.3) is 22.6 Å². The molecule has 0 saturated heterocycles. The average Bonchev–Trinajstić information content (AvgIpc) is 2.82. The summed E-state index contributed by atoms with van der Waals surface area (Å²) < 4.78 is 5.95. The standard InChI is InChI=1S/C19H21NO/c1-12-10-13(2)17-16(11-12)20-18(21-17)14-6-8-15(9-7-14)19(3,4)5/h6-11H,1-5H3. The minimum atomic E-state index is 0.160. The number of hydrogen-bond acceptors (Lipinski definition) is 2. The third-order valence-corrected chi connectivity index (χ3v) is 3.82. The van der Waals surface area contributed by atoms with Gasteiger partial charge in [0.2, 0.25) is 5.89 Å². The van der Waals surface area contributed by atoms with E-state index in [0.717, 1.165) is 22.2 Å². The van der Waals surface area contributed by atoms with Crippen LogP contribution in [0.1, 0.15) is 37.5 Å². The van der Waals surface area contributed by atoms with Gasteiger partial charge in [-0.15, -0.1) is 0 Å². The van der Waals surface area contributed by atoms with E-state index in [2.05, 4.69) is 76.0 Å². The summed E-state index contributed by atoms with van der Waals surface area (Å²) in [7, 11) is 0. The van der Waals surface area contributed by atoms with Crippen molar-refractivity contribution in [1.82, 2.24) is 4.98 Å². The van der Waals surface area contributed by atoms with Crippen molar-refractivity contribution >= 4 is 11.1 Å². The molecule has 0 N–H and O–H groups in total. The number of rotatable bonds is 1. The van der Waals surface area contributed by atoms with E-state index in [0.29, 0.717) is 5.89 Å². The number of hydrogen-bond donors (Lipinski definition) is 0. The lowest BCUT2D eigenvalue weighted by Crippen LogP contribution is -2.10. The first-order chi connectivity index (χ1) is 9.84. The average molecular weight is 279 g/mol. The van der Waals surface area contributed by atoms with Gasteiger partial charge in [-0.1, -0.05) is 39.0 Å². The van der Waals surface area contributed by atoms with E-state index in [4.69, 9.17) is 4.42 Å². The van der Waals surface area contributed by atoms with Gasteiger partial charge < -0.3 is 4.42 Å². The lowest BCUT2D eigenvalue weighted by atomic mass is 9.87. The first-order valence-corrected chi connectivity index (χ1v) is 7.33. The Balaban J connectivity index is 2.06. The summed E-state index contributed by atoms with van der Waals surface area (Å²) >= 11 is 0. The van der Waals surface area contributed by atoms with E-state index in [1.165, 1.54) is 11.1 Å². The second-order valence-corrected chi connectivity index (χ2v) is 6.78. The fourth-order valence-electron chi connectivity index (χ4n) is 2.61. The highest BCUT2D eigenvalue weighted by molar-refractivity contribution is 5.80. The van der Waals surface area contributed by atoms with Crippen LogP contribution in [0.4, 0.5) is 0 Å². The third kappa shape index (κ3) is 2.58. The lowest BCUT2D eigenvalue weighted by molar-refractivity contribution is 0.589. The predicted octanol–water partition coefficient (Wildman–Crippen LogP) is 5.41. The summed E-state index contributed by atoms with van der Waals surface area (Å²) in [5, 5.41) is 0. The van der Waals surface area contributed by atoms with Gasteiger partial charge in [-0.25, -0.2) is 4.98 Å². The maximum Gasteiger partial charge on any atom is 0.227 e. The molecule has 1 heterocycles. The number of benzene rings is 2. The van der Waals surface area contributed by atoms with Crippen molar-refractivity contribution in [2.45, 2.75) is 40.0 Å². The van der Waals surface area contributed by atoms with Crippen LogP contribution in [0.15, 0.2) is 40.8 Å². The molecule has 0 saturated carbocycles. The van der Waals surface area contributed by atoms with Crippen LogP contribution in [0, 0.1) is 13.8 Å². The highest BCUT2D eigenvalue weighted by atomic mass is 16.3. The van der Waals surface area contributed by atoms with E-state index in [9.17, 15) is 0 Å². The summed E-state index contributed by atoms with van der Waals surface area (Å²) in [6.45, 7) is 10.8. The molecule has 1 aromatic heterocycles. The number of fused-ring (bicyclic) bond motifs is 1. The van der Waals surface area contributed by atoms with Crippen LogP contribution in [0.5, 0.6) is 0 Å². The Bertz CT molecular complexity index is 789. The number of aryl methyl sites for hydroxylation is 2. The second kappa shape index (κ2) is 4.73. The molecule has 0 unspecified atom stereocenters. The predicted molar refractivity (Wildman–Crippen MR) is 87.6 cm³/mol. The molecule has 2 aromatic carbocycles. The molecule has 3 rings (SSSR count).